The Morgan fingerprint density at radius 3 is 3.12 bits per heavy atom. The summed E-state index contributed by atoms with van der Waals surface area (Å²) in [6, 6.07) is 7.82. The third kappa shape index (κ3) is 2.01. The van der Waals surface area contributed by atoms with Gasteiger partial charge >= 0.3 is 0 Å². The third-order valence-corrected chi connectivity index (χ3v) is 2.62. The molecule has 1 amide bonds. The summed E-state index contributed by atoms with van der Waals surface area (Å²) in [5.74, 6) is 2.40. The van der Waals surface area contributed by atoms with Crippen molar-refractivity contribution >= 4 is 17.3 Å². The summed E-state index contributed by atoms with van der Waals surface area (Å²) in [7, 11) is 0. The Labute approximate surface area is 95.5 Å². The van der Waals surface area contributed by atoms with Crippen LogP contribution in [0.25, 0.3) is 0 Å². The minimum Gasteiger partial charge on any atom is -0.383 e. The lowest BCUT2D eigenvalue weighted by Crippen LogP contribution is -2.30. The summed E-state index contributed by atoms with van der Waals surface area (Å²) in [4.78, 5) is 13.6. The molecular weight excluding hydrogens is 200 g/mol. The molecule has 1 aromatic rings. The molecule has 0 radical (unpaired) electrons. The van der Waals surface area contributed by atoms with Crippen molar-refractivity contribution in [2.45, 2.75) is 12.8 Å². The van der Waals surface area contributed by atoms with Crippen LogP contribution >= 0.6 is 0 Å². The van der Waals surface area contributed by atoms with Gasteiger partial charge in [-0.3, -0.25) is 4.79 Å². The molecule has 0 spiro atoms. The summed E-state index contributed by atoms with van der Waals surface area (Å²) >= 11 is 0. The van der Waals surface area contributed by atoms with Crippen LogP contribution in [-0.2, 0) is 4.79 Å². The van der Waals surface area contributed by atoms with Crippen LogP contribution in [0.3, 0.4) is 0 Å². The summed E-state index contributed by atoms with van der Waals surface area (Å²) in [6.45, 7) is 1.61. The maximum Gasteiger partial charge on any atom is 0.239 e. The molecule has 0 atom stereocenters. The van der Waals surface area contributed by atoms with Crippen molar-refractivity contribution in [3.8, 4) is 12.3 Å². The molecule has 0 bridgehead atoms. The predicted molar refractivity (Wildman–Crippen MR) is 65.4 cm³/mol. The largest absolute Gasteiger partial charge is 0.383 e. The second-order valence-electron chi connectivity index (χ2n) is 3.72. The van der Waals surface area contributed by atoms with Crippen LogP contribution < -0.4 is 10.2 Å². The van der Waals surface area contributed by atoms with Gasteiger partial charge in [-0.15, -0.1) is 6.42 Å². The van der Waals surface area contributed by atoms with Crippen LogP contribution in [0.15, 0.2) is 24.3 Å². The summed E-state index contributed by atoms with van der Waals surface area (Å²) in [5.41, 5.74) is 1.94. The monoisotopic (exact) mass is 214 g/mol. The highest BCUT2D eigenvalue weighted by molar-refractivity contribution is 5.98. The molecule has 1 aliphatic rings. The van der Waals surface area contributed by atoms with Crippen LogP contribution in [0.5, 0.6) is 0 Å². The van der Waals surface area contributed by atoms with Crippen molar-refractivity contribution in [3.05, 3.63) is 24.3 Å². The number of carbonyl (C=O) groups is 1. The van der Waals surface area contributed by atoms with E-state index in [0.717, 1.165) is 30.9 Å². The van der Waals surface area contributed by atoms with E-state index in [-0.39, 0.29) is 12.3 Å². The maximum absolute atomic E-state index is 11.9. The molecule has 0 saturated carbocycles. The molecule has 82 valence electrons. The van der Waals surface area contributed by atoms with E-state index in [1.54, 1.807) is 4.90 Å². The molecule has 2 rings (SSSR count). The Morgan fingerprint density at radius 1 is 1.50 bits per heavy atom. The Kier molecular flexibility index (Phi) is 3.11. The topological polar surface area (TPSA) is 32.3 Å². The Morgan fingerprint density at radius 2 is 2.31 bits per heavy atom. The zero-order chi connectivity index (χ0) is 11.4. The van der Waals surface area contributed by atoms with Gasteiger partial charge in [0.1, 0.15) is 0 Å². The van der Waals surface area contributed by atoms with E-state index in [1.165, 1.54) is 0 Å². The molecule has 1 N–H and O–H groups in total. The fraction of sp³-hybridized carbons (Fsp3) is 0.308. The molecule has 16 heavy (non-hydrogen) atoms. The quantitative estimate of drug-likeness (QED) is 0.724. The number of carbonyl (C=O) groups excluding carboxylic acids is 1. The average molecular weight is 214 g/mol. The number of benzene rings is 1. The number of rotatable bonds is 1. The zero-order valence-electron chi connectivity index (χ0n) is 9.07. The lowest BCUT2D eigenvalue weighted by atomic mass is 10.2. The van der Waals surface area contributed by atoms with Crippen molar-refractivity contribution in [2.24, 2.45) is 0 Å². The van der Waals surface area contributed by atoms with Crippen molar-refractivity contribution in [1.82, 2.24) is 0 Å². The molecule has 0 aliphatic carbocycles. The van der Waals surface area contributed by atoms with Gasteiger partial charge in [0, 0.05) is 13.1 Å². The van der Waals surface area contributed by atoms with Crippen LogP contribution in [0.1, 0.15) is 12.8 Å². The highest BCUT2D eigenvalue weighted by atomic mass is 16.2. The number of fused-ring (bicyclic) bond motifs is 1. The number of hydrogen-bond donors (Lipinski definition) is 1. The fourth-order valence-electron chi connectivity index (χ4n) is 1.88. The Balaban J connectivity index is 2.33. The van der Waals surface area contributed by atoms with E-state index in [9.17, 15) is 4.79 Å². The molecule has 1 aromatic carbocycles. The van der Waals surface area contributed by atoms with E-state index in [4.69, 9.17) is 6.42 Å². The zero-order valence-corrected chi connectivity index (χ0v) is 9.07. The molecule has 0 aromatic heterocycles. The van der Waals surface area contributed by atoms with Crippen LogP contribution in [0, 0.1) is 12.3 Å². The summed E-state index contributed by atoms with van der Waals surface area (Å²) < 4.78 is 0. The van der Waals surface area contributed by atoms with Crippen LogP contribution in [-0.4, -0.2) is 19.0 Å². The highest BCUT2D eigenvalue weighted by Crippen LogP contribution is 2.28. The van der Waals surface area contributed by atoms with Crippen molar-refractivity contribution < 1.29 is 4.79 Å². The first-order valence-electron chi connectivity index (χ1n) is 5.39. The van der Waals surface area contributed by atoms with Gasteiger partial charge in [0.15, 0.2) is 0 Å². The molecule has 1 heterocycles. The SMILES string of the molecule is C#CCC(=O)N1CCCNc2ccccc21. The third-order valence-electron chi connectivity index (χ3n) is 2.62. The van der Waals surface area contributed by atoms with E-state index >= 15 is 0 Å². The number of amides is 1. The molecule has 3 nitrogen and oxygen atoms in total. The predicted octanol–water partition coefficient (Wildman–Crippen LogP) is 1.86. The van der Waals surface area contributed by atoms with Gasteiger partial charge in [-0.2, -0.15) is 0 Å². The molecule has 0 unspecified atom stereocenters. The normalized spacial score (nSPS) is 14.3. The van der Waals surface area contributed by atoms with Crippen LogP contribution in [0.2, 0.25) is 0 Å². The van der Waals surface area contributed by atoms with E-state index < -0.39 is 0 Å². The summed E-state index contributed by atoms with van der Waals surface area (Å²) in [6.07, 6.45) is 6.28. The van der Waals surface area contributed by atoms with Gasteiger partial charge in [-0.25, -0.2) is 0 Å². The Hall–Kier alpha value is -1.95. The fourth-order valence-corrected chi connectivity index (χ4v) is 1.88. The van der Waals surface area contributed by atoms with E-state index in [2.05, 4.69) is 11.2 Å². The van der Waals surface area contributed by atoms with E-state index in [1.807, 2.05) is 24.3 Å². The minimum absolute atomic E-state index is 0.00125. The molecular formula is C13H14N2O. The number of anilines is 2. The van der Waals surface area contributed by atoms with Gasteiger partial charge in [-0.05, 0) is 18.6 Å². The van der Waals surface area contributed by atoms with Crippen LogP contribution in [0.4, 0.5) is 11.4 Å². The maximum atomic E-state index is 11.9. The van der Waals surface area contributed by atoms with Crippen molar-refractivity contribution in [1.29, 1.82) is 0 Å². The molecule has 1 aliphatic heterocycles. The lowest BCUT2D eigenvalue weighted by Gasteiger charge is -2.21. The molecule has 0 saturated heterocycles. The van der Waals surface area contributed by atoms with Gasteiger partial charge in [0.2, 0.25) is 5.91 Å². The second-order valence-corrected chi connectivity index (χ2v) is 3.72. The Bertz CT molecular complexity index is 434. The number of nitrogens with one attached hydrogen (secondary N) is 1. The number of hydrogen-bond acceptors (Lipinski definition) is 2. The highest BCUT2D eigenvalue weighted by Gasteiger charge is 2.19. The van der Waals surface area contributed by atoms with Gasteiger partial charge in [-0.1, -0.05) is 18.1 Å². The number of para-hydroxylation sites is 2. The molecule has 3 heteroatoms. The molecule has 0 fully saturated rings. The number of terminal acetylenes is 1. The van der Waals surface area contributed by atoms with Gasteiger partial charge in [0.25, 0.3) is 0 Å². The standard InChI is InChI=1S/C13H14N2O/c1-2-6-13(16)15-10-5-9-14-11-7-3-4-8-12(11)15/h1,3-4,7-8,14H,5-6,9-10H2. The first-order valence-corrected chi connectivity index (χ1v) is 5.39. The van der Waals surface area contributed by atoms with Gasteiger partial charge < -0.3 is 10.2 Å². The number of nitrogens with zero attached hydrogens (tertiary/aromatic N) is 1. The van der Waals surface area contributed by atoms with Gasteiger partial charge in [0.05, 0.1) is 17.8 Å². The second kappa shape index (κ2) is 4.71. The van der Waals surface area contributed by atoms with Crippen molar-refractivity contribution in [2.75, 3.05) is 23.3 Å². The average Bonchev–Trinajstić information content (AvgIpc) is 2.51. The van der Waals surface area contributed by atoms with Crippen molar-refractivity contribution in [3.63, 3.8) is 0 Å². The first-order chi connectivity index (χ1) is 7.83. The first kappa shape index (κ1) is 10.6. The van der Waals surface area contributed by atoms with E-state index in [0.29, 0.717) is 0 Å². The smallest absolute Gasteiger partial charge is 0.239 e. The minimum atomic E-state index is -0.00125. The summed E-state index contributed by atoms with van der Waals surface area (Å²) in [5, 5.41) is 3.31. The lowest BCUT2D eigenvalue weighted by molar-refractivity contribution is -0.117.